The lowest BCUT2D eigenvalue weighted by Gasteiger charge is -2.24. The van der Waals surface area contributed by atoms with Crippen LogP contribution in [-0.4, -0.2) is 52.5 Å². The van der Waals surface area contributed by atoms with E-state index in [0.717, 1.165) is 67.7 Å². The van der Waals surface area contributed by atoms with E-state index in [2.05, 4.69) is 156 Å². The zero-order valence-corrected chi connectivity index (χ0v) is 32.0. The number of nitrogens with one attached hydrogen (secondary N) is 3. The maximum absolute atomic E-state index is 11.7. The summed E-state index contributed by atoms with van der Waals surface area (Å²) in [6.07, 6.45) is 16.2. The van der Waals surface area contributed by atoms with E-state index in [1.807, 2.05) is 18.3 Å². The minimum atomic E-state index is 0.0960. The quantitative estimate of drug-likeness (QED) is 0.148. The Morgan fingerprint density at radius 1 is 0.719 bits per heavy atom. The third-order valence-electron chi connectivity index (χ3n) is 10.7. The highest BCUT2D eigenvalue weighted by atomic mass is 16.1. The van der Waals surface area contributed by atoms with Crippen LogP contribution in [-0.2, 0) is 18.9 Å². The van der Waals surface area contributed by atoms with E-state index >= 15 is 0 Å². The molecule has 11 nitrogen and oxygen atoms in total. The SMILES string of the molecule is CC(Nc1cc(-c2cccc3c2ccn3C)c2nccnc2c1)c1cccnc1.Cn1ccc2ccc(-c3cc(NC4CCNC(=O)C4)cc4nccnc34)cc21. The number of rotatable bonds is 7. The summed E-state index contributed by atoms with van der Waals surface area (Å²) in [5.41, 5.74) is 13.4. The van der Waals surface area contributed by atoms with Gasteiger partial charge in [-0.2, -0.15) is 0 Å². The Hall–Kier alpha value is -7.14. The molecule has 4 aromatic carbocycles. The summed E-state index contributed by atoms with van der Waals surface area (Å²) < 4.78 is 4.26. The largest absolute Gasteiger partial charge is 0.382 e. The number of carbonyl (C=O) groups is 1. The second kappa shape index (κ2) is 15.2. The average Bonchev–Trinajstić information content (AvgIpc) is 3.82. The number of benzene rings is 4. The van der Waals surface area contributed by atoms with Gasteiger partial charge in [0.25, 0.3) is 0 Å². The number of nitrogens with zero attached hydrogens (tertiary/aromatic N) is 7. The summed E-state index contributed by atoms with van der Waals surface area (Å²) in [6, 6.07) is 29.8. The first-order chi connectivity index (χ1) is 27.9. The summed E-state index contributed by atoms with van der Waals surface area (Å²) in [7, 11) is 4.12. The fourth-order valence-electron chi connectivity index (χ4n) is 7.82. The molecule has 2 unspecified atom stereocenters. The molecule has 1 aliphatic rings. The maximum Gasteiger partial charge on any atom is 0.222 e. The van der Waals surface area contributed by atoms with E-state index in [4.69, 9.17) is 0 Å². The molecular formula is C46H42N10O. The number of anilines is 2. The van der Waals surface area contributed by atoms with Crippen LogP contribution in [0.25, 0.3) is 66.1 Å². The van der Waals surface area contributed by atoms with Gasteiger partial charge in [0.1, 0.15) is 0 Å². The molecule has 11 heteroatoms. The Bertz CT molecular complexity index is 2900. The van der Waals surface area contributed by atoms with Crippen LogP contribution in [0.1, 0.15) is 31.4 Å². The molecule has 5 aromatic heterocycles. The molecule has 0 spiro atoms. The molecule has 1 saturated heterocycles. The topological polar surface area (TPSA) is 127 Å². The first-order valence-corrected chi connectivity index (χ1v) is 19.2. The Kier molecular flexibility index (Phi) is 9.47. The van der Waals surface area contributed by atoms with Gasteiger partial charge in [0.15, 0.2) is 0 Å². The van der Waals surface area contributed by atoms with Gasteiger partial charge in [-0.1, -0.05) is 30.3 Å². The van der Waals surface area contributed by atoms with Crippen LogP contribution in [0.3, 0.4) is 0 Å². The lowest BCUT2D eigenvalue weighted by Crippen LogP contribution is -2.39. The van der Waals surface area contributed by atoms with Gasteiger partial charge in [-0.3, -0.25) is 29.7 Å². The number of hydrogen-bond donors (Lipinski definition) is 3. The Morgan fingerprint density at radius 3 is 2.25 bits per heavy atom. The molecule has 282 valence electrons. The van der Waals surface area contributed by atoms with Gasteiger partial charge < -0.3 is 25.1 Å². The minimum Gasteiger partial charge on any atom is -0.382 e. The van der Waals surface area contributed by atoms with Gasteiger partial charge in [-0.25, -0.2) is 0 Å². The summed E-state index contributed by atoms with van der Waals surface area (Å²) in [5, 5.41) is 12.4. The average molecular weight is 751 g/mol. The van der Waals surface area contributed by atoms with E-state index in [1.54, 1.807) is 31.0 Å². The summed E-state index contributed by atoms with van der Waals surface area (Å²) in [6.45, 7) is 2.84. The fourth-order valence-corrected chi connectivity index (χ4v) is 7.82. The number of hydrogen-bond acceptors (Lipinski definition) is 8. The summed E-state index contributed by atoms with van der Waals surface area (Å²) >= 11 is 0. The molecule has 10 rings (SSSR count). The number of amides is 1. The molecule has 1 fully saturated rings. The molecule has 2 atom stereocenters. The van der Waals surface area contributed by atoms with Crippen LogP contribution >= 0.6 is 0 Å². The van der Waals surface area contributed by atoms with Crippen molar-refractivity contribution in [3.8, 4) is 22.3 Å². The zero-order valence-electron chi connectivity index (χ0n) is 32.0. The molecule has 0 aliphatic carbocycles. The highest BCUT2D eigenvalue weighted by Gasteiger charge is 2.20. The molecule has 1 amide bonds. The van der Waals surface area contributed by atoms with Crippen LogP contribution in [0.4, 0.5) is 11.4 Å². The van der Waals surface area contributed by atoms with Crippen molar-refractivity contribution in [2.75, 3.05) is 17.2 Å². The van der Waals surface area contributed by atoms with Crippen LogP contribution in [0.2, 0.25) is 0 Å². The number of aryl methyl sites for hydroxylation is 2. The third-order valence-corrected chi connectivity index (χ3v) is 10.7. The normalized spacial score (nSPS) is 14.6. The highest BCUT2D eigenvalue weighted by molar-refractivity contribution is 6.04. The van der Waals surface area contributed by atoms with Crippen molar-refractivity contribution >= 4 is 61.2 Å². The molecular weight excluding hydrogens is 709 g/mol. The smallest absolute Gasteiger partial charge is 0.222 e. The van der Waals surface area contributed by atoms with Gasteiger partial charge in [-0.15, -0.1) is 0 Å². The summed E-state index contributed by atoms with van der Waals surface area (Å²) in [4.78, 5) is 34.3. The molecule has 0 radical (unpaired) electrons. The van der Waals surface area contributed by atoms with Crippen molar-refractivity contribution in [3.05, 3.63) is 140 Å². The molecule has 1 aliphatic heterocycles. The van der Waals surface area contributed by atoms with Crippen molar-refractivity contribution in [2.24, 2.45) is 14.1 Å². The lowest BCUT2D eigenvalue weighted by atomic mass is 9.99. The molecule has 6 heterocycles. The highest BCUT2D eigenvalue weighted by Crippen LogP contribution is 2.36. The molecule has 9 aromatic rings. The minimum absolute atomic E-state index is 0.0960. The number of pyridine rings is 1. The van der Waals surface area contributed by atoms with E-state index in [1.165, 1.54) is 21.8 Å². The number of carbonyl (C=O) groups excluding carboxylic acids is 1. The van der Waals surface area contributed by atoms with Gasteiger partial charge >= 0.3 is 0 Å². The van der Waals surface area contributed by atoms with Gasteiger partial charge in [0.05, 0.1) is 28.1 Å². The Morgan fingerprint density at radius 2 is 1.46 bits per heavy atom. The molecule has 0 saturated carbocycles. The second-order valence-electron chi connectivity index (χ2n) is 14.6. The molecule has 57 heavy (non-hydrogen) atoms. The van der Waals surface area contributed by atoms with E-state index in [-0.39, 0.29) is 18.0 Å². The standard InChI is InChI=1S/C24H21N5.C22H21N5O/c1-16(17-5-4-9-25-15-17)28-18-13-21(24-22(14-18)26-10-11-27-24)19-6-3-7-23-20(19)8-12-29(23)2;1-27-9-5-14-2-3-15(10-20(14)27)18-11-17(12-19-22(18)25-8-7-23-19)26-16-4-6-24-21(28)13-16/h3-16,28H,1-2H3;2-3,5,7-12,16,26H,4,6,13H2,1H3,(H,24,28). The monoisotopic (exact) mass is 750 g/mol. The molecule has 3 N–H and O–H groups in total. The van der Waals surface area contributed by atoms with Gasteiger partial charge in [0.2, 0.25) is 5.91 Å². The van der Waals surface area contributed by atoms with Gasteiger partial charge in [-0.05, 0) is 90.0 Å². The van der Waals surface area contributed by atoms with Crippen LogP contribution in [0.15, 0.2) is 135 Å². The van der Waals surface area contributed by atoms with E-state index in [9.17, 15) is 4.79 Å². The number of fused-ring (bicyclic) bond motifs is 4. The Balaban J connectivity index is 0.000000148. The van der Waals surface area contributed by atoms with Crippen LogP contribution in [0, 0.1) is 0 Å². The van der Waals surface area contributed by atoms with Crippen LogP contribution < -0.4 is 16.0 Å². The number of aromatic nitrogens is 7. The molecule has 0 bridgehead atoms. The first kappa shape index (κ1) is 35.6. The first-order valence-electron chi connectivity index (χ1n) is 19.2. The third kappa shape index (κ3) is 7.22. The van der Waals surface area contributed by atoms with Crippen molar-refractivity contribution in [1.82, 2.24) is 39.4 Å². The lowest BCUT2D eigenvalue weighted by molar-refractivity contribution is -0.122. The Labute approximate surface area is 329 Å². The van der Waals surface area contributed by atoms with Crippen LogP contribution in [0.5, 0.6) is 0 Å². The van der Waals surface area contributed by atoms with Crippen molar-refractivity contribution in [1.29, 1.82) is 0 Å². The van der Waals surface area contributed by atoms with E-state index in [0.29, 0.717) is 13.0 Å². The van der Waals surface area contributed by atoms with Gasteiger partial charge in [0, 0.05) is 122 Å². The van der Waals surface area contributed by atoms with E-state index < -0.39 is 0 Å². The maximum atomic E-state index is 11.7. The predicted octanol–water partition coefficient (Wildman–Crippen LogP) is 8.84. The summed E-state index contributed by atoms with van der Waals surface area (Å²) in [5.74, 6) is 0.0960. The fraction of sp³-hybridized carbons (Fsp3) is 0.174. The number of piperidine rings is 1. The van der Waals surface area contributed by atoms with Crippen molar-refractivity contribution in [3.63, 3.8) is 0 Å². The van der Waals surface area contributed by atoms with Crippen molar-refractivity contribution < 1.29 is 4.79 Å². The van der Waals surface area contributed by atoms with Crippen molar-refractivity contribution in [2.45, 2.75) is 31.8 Å². The second-order valence-corrected chi connectivity index (χ2v) is 14.6. The predicted molar refractivity (Wildman–Crippen MR) is 229 cm³/mol. The zero-order chi connectivity index (χ0) is 38.9.